The molecule has 10 nitrogen and oxygen atoms in total. The van der Waals surface area contributed by atoms with Gasteiger partial charge in [0.25, 0.3) is 0 Å². The van der Waals surface area contributed by atoms with E-state index >= 15 is 0 Å². The number of nitrogens with two attached hydrogens (primary N) is 1. The summed E-state index contributed by atoms with van der Waals surface area (Å²) in [5.74, 6) is -0.939. The number of fused-ring (bicyclic) bond motifs is 2. The molecule has 39 heavy (non-hydrogen) atoms. The van der Waals surface area contributed by atoms with Gasteiger partial charge in [-0.05, 0) is 57.2 Å². The molecule has 0 saturated carbocycles. The molecular weight excluding hydrogens is 502 g/mol. The number of hydrogen-bond donors (Lipinski definition) is 4. The predicted molar refractivity (Wildman–Crippen MR) is 147 cm³/mol. The molecule has 0 bridgehead atoms. The van der Waals surface area contributed by atoms with E-state index in [-0.39, 0.29) is 25.8 Å². The van der Waals surface area contributed by atoms with Crippen molar-refractivity contribution >= 4 is 39.8 Å². The van der Waals surface area contributed by atoms with E-state index in [0.29, 0.717) is 34.3 Å². The quantitative estimate of drug-likeness (QED) is 0.176. The minimum absolute atomic E-state index is 0.0819. The Bertz CT molecular complexity index is 1620. The van der Waals surface area contributed by atoms with Crippen LogP contribution in [0, 0.1) is 20.8 Å². The lowest BCUT2D eigenvalue weighted by atomic mass is 9.96. The molecule has 4 rings (SSSR count). The molecule has 3 amide bonds. The number of amides is 3. The third-order valence-electron chi connectivity index (χ3n) is 6.90. The second-order valence-corrected chi connectivity index (χ2v) is 9.54. The number of carbonyl (C=O) groups excluding carboxylic acids is 2. The molecule has 0 aliphatic heterocycles. The molecule has 0 spiro atoms. The highest BCUT2D eigenvalue weighted by molar-refractivity contribution is 6.05. The van der Waals surface area contributed by atoms with Crippen molar-refractivity contribution in [3.05, 3.63) is 69.3 Å². The van der Waals surface area contributed by atoms with Crippen LogP contribution in [0.1, 0.15) is 41.7 Å². The lowest BCUT2D eigenvalue weighted by molar-refractivity contribution is -0.142. The molecule has 204 valence electrons. The van der Waals surface area contributed by atoms with Gasteiger partial charge in [-0.3, -0.25) is 4.79 Å². The van der Waals surface area contributed by atoms with E-state index < -0.39 is 29.6 Å². The number of furan rings is 1. The van der Waals surface area contributed by atoms with Gasteiger partial charge in [-0.15, -0.1) is 0 Å². The van der Waals surface area contributed by atoms with Gasteiger partial charge in [-0.25, -0.2) is 14.4 Å². The van der Waals surface area contributed by atoms with Crippen LogP contribution in [0.3, 0.4) is 0 Å². The first-order valence-electron chi connectivity index (χ1n) is 12.7. The SMILES string of the molecule is Cc1oc2c(C)c3oc(=O)c(CCC(=O)N[C@@H](CCCNC(N)=O)C(=O)O)c(C)c3cc2c1-c1ccccc1. The normalized spacial score (nSPS) is 12.0. The van der Waals surface area contributed by atoms with Crippen molar-refractivity contribution in [1.29, 1.82) is 0 Å². The van der Waals surface area contributed by atoms with Crippen LogP contribution >= 0.6 is 0 Å². The average Bonchev–Trinajstić information content (AvgIpc) is 3.23. The van der Waals surface area contributed by atoms with Gasteiger partial charge in [0, 0.05) is 40.4 Å². The van der Waals surface area contributed by atoms with Crippen molar-refractivity contribution < 1.29 is 28.3 Å². The first kappa shape index (κ1) is 27.4. The van der Waals surface area contributed by atoms with Gasteiger partial charge in [0.15, 0.2) is 0 Å². The maximum atomic E-state index is 12.9. The number of nitrogens with one attached hydrogen (secondary N) is 2. The van der Waals surface area contributed by atoms with E-state index in [1.807, 2.05) is 57.2 Å². The Kier molecular flexibility index (Phi) is 8.04. The summed E-state index contributed by atoms with van der Waals surface area (Å²) < 4.78 is 11.8. The molecule has 5 N–H and O–H groups in total. The highest BCUT2D eigenvalue weighted by Gasteiger charge is 2.23. The summed E-state index contributed by atoms with van der Waals surface area (Å²) in [5.41, 5.74) is 9.29. The van der Waals surface area contributed by atoms with Gasteiger partial charge < -0.3 is 30.3 Å². The molecule has 2 aromatic heterocycles. The van der Waals surface area contributed by atoms with E-state index in [4.69, 9.17) is 14.6 Å². The molecule has 0 fully saturated rings. The van der Waals surface area contributed by atoms with Crippen LogP contribution in [0.25, 0.3) is 33.1 Å². The largest absolute Gasteiger partial charge is 0.480 e. The maximum Gasteiger partial charge on any atom is 0.339 e. The zero-order valence-electron chi connectivity index (χ0n) is 22.1. The fourth-order valence-electron chi connectivity index (χ4n) is 4.91. The van der Waals surface area contributed by atoms with Crippen molar-refractivity contribution in [2.24, 2.45) is 5.73 Å². The van der Waals surface area contributed by atoms with E-state index in [1.54, 1.807) is 0 Å². The Balaban J connectivity index is 1.60. The number of urea groups is 1. The fourth-order valence-corrected chi connectivity index (χ4v) is 4.91. The number of carboxylic acid groups (broad SMARTS) is 1. The molecule has 0 aliphatic carbocycles. The molecule has 10 heteroatoms. The average molecular weight is 534 g/mol. The van der Waals surface area contributed by atoms with Crippen LogP contribution in [0.5, 0.6) is 0 Å². The Hall–Kier alpha value is -4.60. The summed E-state index contributed by atoms with van der Waals surface area (Å²) in [4.78, 5) is 47.9. The van der Waals surface area contributed by atoms with Crippen LogP contribution in [-0.2, 0) is 16.0 Å². The van der Waals surface area contributed by atoms with Crippen molar-refractivity contribution in [2.45, 2.75) is 52.5 Å². The van der Waals surface area contributed by atoms with Crippen LogP contribution in [0.4, 0.5) is 4.79 Å². The minimum Gasteiger partial charge on any atom is -0.480 e. The Morgan fingerprint density at radius 2 is 1.69 bits per heavy atom. The summed E-state index contributed by atoms with van der Waals surface area (Å²) in [5, 5.41) is 16.0. The van der Waals surface area contributed by atoms with Crippen LogP contribution in [0.2, 0.25) is 0 Å². The molecule has 0 aliphatic rings. The van der Waals surface area contributed by atoms with Crippen molar-refractivity contribution in [3.8, 4) is 11.1 Å². The van der Waals surface area contributed by atoms with Gasteiger partial charge in [0.1, 0.15) is 23.0 Å². The zero-order chi connectivity index (χ0) is 28.3. The highest BCUT2D eigenvalue weighted by Crippen LogP contribution is 2.39. The van der Waals surface area contributed by atoms with E-state index in [9.17, 15) is 24.3 Å². The van der Waals surface area contributed by atoms with E-state index in [2.05, 4.69) is 10.6 Å². The van der Waals surface area contributed by atoms with Gasteiger partial charge in [-0.2, -0.15) is 0 Å². The second-order valence-electron chi connectivity index (χ2n) is 9.54. The summed E-state index contributed by atoms with van der Waals surface area (Å²) in [6, 6.07) is 10.0. The molecule has 0 radical (unpaired) electrons. The Labute approximate surface area is 224 Å². The number of carboxylic acids is 1. The van der Waals surface area contributed by atoms with Crippen molar-refractivity contribution in [2.75, 3.05) is 6.54 Å². The summed E-state index contributed by atoms with van der Waals surface area (Å²) in [6.07, 6.45) is 0.418. The number of primary amides is 1. The summed E-state index contributed by atoms with van der Waals surface area (Å²) >= 11 is 0. The van der Waals surface area contributed by atoms with Crippen LogP contribution in [0.15, 0.2) is 50.0 Å². The molecule has 4 aromatic rings. The fraction of sp³-hybridized carbons (Fsp3) is 0.310. The third-order valence-corrected chi connectivity index (χ3v) is 6.90. The number of hydrogen-bond acceptors (Lipinski definition) is 6. The van der Waals surface area contributed by atoms with Crippen molar-refractivity contribution in [1.82, 2.24) is 10.6 Å². The highest BCUT2D eigenvalue weighted by atomic mass is 16.4. The topological polar surface area (TPSA) is 165 Å². The molecule has 0 unspecified atom stereocenters. The first-order valence-corrected chi connectivity index (χ1v) is 12.7. The molecule has 0 saturated heterocycles. The Morgan fingerprint density at radius 3 is 2.36 bits per heavy atom. The maximum absolute atomic E-state index is 12.9. The lowest BCUT2D eigenvalue weighted by Gasteiger charge is -2.15. The lowest BCUT2D eigenvalue weighted by Crippen LogP contribution is -2.41. The second kappa shape index (κ2) is 11.4. The number of aliphatic carboxylic acids is 1. The summed E-state index contributed by atoms with van der Waals surface area (Å²) in [7, 11) is 0. The number of carbonyl (C=O) groups is 3. The number of aryl methyl sites for hydroxylation is 3. The van der Waals surface area contributed by atoms with Gasteiger partial charge in [-0.1, -0.05) is 30.3 Å². The summed E-state index contributed by atoms with van der Waals surface area (Å²) in [6.45, 7) is 5.76. The van der Waals surface area contributed by atoms with E-state index in [0.717, 1.165) is 27.7 Å². The number of benzene rings is 2. The van der Waals surface area contributed by atoms with E-state index in [1.165, 1.54) is 0 Å². The molecule has 2 heterocycles. The van der Waals surface area contributed by atoms with Gasteiger partial charge in [0.2, 0.25) is 5.91 Å². The first-order chi connectivity index (χ1) is 18.6. The van der Waals surface area contributed by atoms with Gasteiger partial charge in [0.05, 0.1) is 0 Å². The van der Waals surface area contributed by atoms with Crippen LogP contribution < -0.4 is 22.0 Å². The number of rotatable bonds is 10. The Morgan fingerprint density at radius 1 is 1.00 bits per heavy atom. The predicted octanol–water partition coefficient (Wildman–Crippen LogP) is 4.08. The minimum atomic E-state index is -1.19. The third kappa shape index (κ3) is 5.79. The molecule has 2 aromatic carbocycles. The zero-order valence-corrected chi connectivity index (χ0v) is 22.1. The monoisotopic (exact) mass is 533 g/mol. The molecular formula is C29H31N3O7. The molecule has 1 atom stereocenters. The standard InChI is InChI=1S/C29H31N3O7/c1-15-19(11-12-23(33)32-22(27(34)35)10-7-13-31-29(30)37)28(36)39-25-16(2)26-21(14-20(15)25)24(17(3)38-26)18-8-5-4-6-9-18/h4-6,8-9,14,22H,7,10-13H2,1-3H3,(H,32,33)(H,34,35)(H3,30,31,37)/t22-/m0/s1. The van der Waals surface area contributed by atoms with Crippen molar-refractivity contribution in [3.63, 3.8) is 0 Å². The van der Waals surface area contributed by atoms with Crippen LogP contribution in [-0.4, -0.2) is 35.6 Å². The smallest absolute Gasteiger partial charge is 0.339 e. The van der Waals surface area contributed by atoms with Gasteiger partial charge >= 0.3 is 17.6 Å².